The minimum atomic E-state index is -0.454. The van der Waals surface area contributed by atoms with Gasteiger partial charge in [0.05, 0.1) is 34.0 Å². The van der Waals surface area contributed by atoms with Gasteiger partial charge in [-0.2, -0.15) is 0 Å². The predicted octanol–water partition coefficient (Wildman–Crippen LogP) is 3.38. The van der Waals surface area contributed by atoms with Gasteiger partial charge >= 0.3 is 5.97 Å². The monoisotopic (exact) mass is 334 g/mol. The number of fused-ring (bicyclic) bond motifs is 2. The Hall–Kier alpha value is -3.15. The lowest BCUT2D eigenvalue weighted by atomic mass is 10.2. The number of hydrogen-bond acceptors (Lipinski definition) is 4. The second-order valence-electron chi connectivity index (χ2n) is 6.12. The van der Waals surface area contributed by atoms with Crippen LogP contribution in [0.5, 0.6) is 0 Å². The summed E-state index contributed by atoms with van der Waals surface area (Å²) >= 11 is 0. The van der Waals surface area contributed by atoms with Crippen LogP contribution in [0.1, 0.15) is 29.2 Å². The number of hydrogen-bond donors (Lipinski definition) is 0. The van der Waals surface area contributed by atoms with E-state index in [1.165, 1.54) is 0 Å². The van der Waals surface area contributed by atoms with Crippen LogP contribution in [0.2, 0.25) is 0 Å². The lowest BCUT2D eigenvalue weighted by Gasteiger charge is -2.13. The van der Waals surface area contributed by atoms with Crippen LogP contribution in [0.25, 0.3) is 22.1 Å². The first kappa shape index (κ1) is 15.4. The van der Waals surface area contributed by atoms with Crippen molar-refractivity contribution in [2.24, 2.45) is 14.1 Å². The molecule has 0 saturated heterocycles. The molecule has 0 unspecified atom stereocenters. The first-order valence-electron chi connectivity index (χ1n) is 8.08. The normalized spacial score (nSPS) is 12.6. The molecule has 0 N–H and O–H groups in total. The molecule has 126 valence electrons. The van der Waals surface area contributed by atoms with Crippen LogP contribution in [0.4, 0.5) is 0 Å². The third-order valence-corrected chi connectivity index (χ3v) is 4.43. The maximum absolute atomic E-state index is 12.5. The molecule has 0 spiro atoms. The Kier molecular flexibility index (Phi) is 3.53. The Morgan fingerprint density at radius 1 is 1.08 bits per heavy atom. The van der Waals surface area contributed by atoms with Crippen LogP contribution in [-0.2, 0) is 18.8 Å². The van der Waals surface area contributed by atoms with Gasteiger partial charge in [-0.3, -0.25) is 0 Å². The summed E-state index contributed by atoms with van der Waals surface area (Å²) in [6.07, 6.45) is 1.27. The second kappa shape index (κ2) is 5.73. The smallest absolute Gasteiger partial charge is 0.338 e. The van der Waals surface area contributed by atoms with E-state index in [1.807, 2.05) is 60.5 Å². The van der Waals surface area contributed by atoms with Gasteiger partial charge in [-0.15, -0.1) is 0 Å². The van der Waals surface area contributed by atoms with Crippen LogP contribution in [0, 0.1) is 0 Å². The molecule has 0 aliphatic rings. The lowest BCUT2D eigenvalue weighted by molar-refractivity contribution is 0.0315. The number of carbonyl (C=O) groups excluding carboxylic acids is 1. The molecule has 2 aromatic carbocycles. The third-order valence-electron chi connectivity index (χ3n) is 4.43. The minimum absolute atomic E-state index is 0.382. The maximum Gasteiger partial charge on any atom is 0.338 e. The number of rotatable bonds is 3. The van der Waals surface area contributed by atoms with Crippen molar-refractivity contribution in [2.45, 2.75) is 13.0 Å². The van der Waals surface area contributed by atoms with Gasteiger partial charge in [-0.05, 0) is 37.3 Å². The Morgan fingerprint density at radius 3 is 2.68 bits per heavy atom. The van der Waals surface area contributed by atoms with E-state index in [0.29, 0.717) is 11.4 Å². The van der Waals surface area contributed by atoms with Gasteiger partial charge in [0.2, 0.25) is 0 Å². The number of para-hydroxylation sites is 2. The molecule has 0 aliphatic heterocycles. The van der Waals surface area contributed by atoms with Crippen LogP contribution in [0.3, 0.4) is 0 Å². The molecule has 6 nitrogen and oxygen atoms in total. The van der Waals surface area contributed by atoms with Crippen LogP contribution < -0.4 is 0 Å². The van der Waals surface area contributed by atoms with Gasteiger partial charge in [0.15, 0.2) is 11.9 Å². The molecule has 0 saturated carbocycles. The van der Waals surface area contributed by atoms with Gasteiger partial charge < -0.3 is 13.9 Å². The van der Waals surface area contributed by atoms with E-state index in [-0.39, 0.29) is 5.97 Å². The fourth-order valence-corrected chi connectivity index (χ4v) is 3.07. The van der Waals surface area contributed by atoms with Crippen molar-refractivity contribution in [3.8, 4) is 0 Å². The molecule has 2 heterocycles. The molecule has 4 aromatic rings. The van der Waals surface area contributed by atoms with Crippen LogP contribution in [0.15, 0.2) is 48.8 Å². The summed E-state index contributed by atoms with van der Waals surface area (Å²) in [4.78, 5) is 21.4. The van der Waals surface area contributed by atoms with Gasteiger partial charge in [0, 0.05) is 14.1 Å². The SMILES string of the molecule is C[C@H](OC(=O)c1ccc2c(c1)ncn2C)c1nc2ccccc2n1C. The Morgan fingerprint density at radius 2 is 1.88 bits per heavy atom. The van der Waals surface area contributed by atoms with Crippen molar-refractivity contribution in [2.75, 3.05) is 0 Å². The lowest BCUT2D eigenvalue weighted by Crippen LogP contribution is -2.12. The van der Waals surface area contributed by atoms with E-state index in [0.717, 1.165) is 22.1 Å². The number of imidazole rings is 2. The average molecular weight is 334 g/mol. The van der Waals surface area contributed by atoms with E-state index in [4.69, 9.17) is 4.74 Å². The zero-order chi connectivity index (χ0) is 17.6. The summed E-state index contributed by atoms with van der Waals surface area (Å²) in [6.45, 7) is 1.83. The highest BCUT2D eigenvalue weighted by molar-refractivity contribution is 5.93. The van der Waals surface area contributed by atoms with E-state index < -0.39 is 6.10 Å². The van der Waals surface area contributed by atoms with Crippen molar-refractivity contribution in [1.29, 1.82) is 0 Å². The first-order valence-corrected chi connectivity index (χ1v) is 8.08. The van der Waals surface area contributed by atoms with Crippen LogP contribution >= 0.6 is 0 Å². The Bertz CT molecular complexity index is 1090. The predicted molar refractivity (Wildman–Crippen MR) is 95.3 cm³/mol. The summed E-state index contributed by atoms with van der Waals surface area (Å²) < 4.78 is 9.49. The number of aromatic nitrogens is 4. The highest BCUT2D eigenvalue weighted by Crippen LogP contribution is 2.23. The highest BCUT2D eigenvalue weighted by Gasteiger charge is 2.19. The average Bonchev–Trinajstić information content (AvgIpc) is 3.15. The minimum Gasteiger partial charge on any atom is -0.451 e. The maximum atomic E-state index is 12.5. The van der Waals surface area contributed by atoms with Gasteiger partial charge in [0.1, 0.15) is 0 Å². The first-order chi connectivity index (χ1) is 12.0. The molecular formula is C19H18N4O2. The quantitative estimate of drug-likeness (QED) is 0.539. The fraction of sp³-hybridized carbons (Fsp3) is 0.211. The summed E-state index contributed by atoms with van der Waals surface area (Å²) in [6, 6.07) is 13.2. The van der Waals surface area contributed by atoms with Crippen molar-refractivity contribution in [1.82, 2.24) is 19.1 Å². The zero-order valence-corrected chi connectivity index (χ0v) is 14.3. The summed E-state index contributed by atoms with van der Waals surface area (Å²) in [7, 11) is 3.84. The molecule has 0 radical (unpaired) electrons. The number of aryl methyl sites for hydroxylation is 2. The zero-order valence-electron chi connectivity index (χ0n) is 14.3. The van der Waals surface area contributed by atoms with Crippen molar-refractivity contribution >= 4 is 28.0 Å². The van der Waals surface area contributed by atoms with Gasteiger partial charge in [-0.1, -0.05) is 12.1 Å². The van der Waals surface area contributed by atoms with Crippen LogP contribution in [-0.4, -0.2) is 25.1 Å². The standard InChI is InChI=1S/C19H18N4O2/c1-12(18-21-14-6-4-5-7-17(14)23(18)3)25-19(24)13-8-9-16-15(10-13)20-11-22(16)2/h4-12H,1-3H3/t12-/m0/s1. The highest BCUT2D eigenvalue weighted by atomic mass is 16.5. The molecule has 25 heavy (non-hydrogen) atoms. The molecular weight excluding hydrogens is 316 g/mol. The van der Waals surface area contributed by atoms with Gasteiger partial charge in [-0.25, -0.2) is 14.8 Å². The number of carbonyl (C=O) groups is 1. The molecule has 0 amide bonds. The van der Waals surface area contributed by atoms with Gasteiger partial charge in [0.25, 0.3) is 0 Å². The summed E-state index contributed by atoms with van der Waals surface area (Å²) in [5.41, 5.74) is 4.12. The van der Waals surface area contributed by atoms with E-state index >= 15 is 0 Å². The molecule has 6 heteroatoms. The largest absolute Gasteiger partial charge is 0.451 e. The summed E-state index contributed by atoms with van der Waals surface area (Å²) in [5.74, 6) is 0.334. The number of esters is 1. The molecule has 2 aromatic heterocycles. The number of ether oxygens (including phenoxy) is 1. The third kappa shape index (κ3) is 2.55. The van der Waals surface area contributed by atoms with E-state index in [9.17, 15) is 4.79 Å². The van der Waals surface area contributed by atoms with Crippen molar-refractivity contribution in [3.63, 3.8) is 0 Å². The second-order valence-corrected chi connectivity index (χ2v) is 6.12. The molecule has 4 rings (SSSR count). The Balaban J connectivity index is 1.61. The van der Waals surface area contributed by atoms with E-state index in [1.54, 1.807) is 18.5 Å². The molecule has 1 atom stereocenters. The molecule has 0 bridgehead atoms. The van der Waals surface area contributed by atoms with Crippen molar-refractivity contribution in [3.05, 3.63) is 60.2 Å². The van der Waals surface area contributed by atoms with Crippen molar-refractivity contribution < 1.29 is 9.53 Å². The molecule has 0 fully saturated rings. The number of nitrogens with zero attached hydrogens (tertiary/aromatic N) is 4. The summed E-state index contributed by atoms with van der Waals surface area (Å²) in [5, 5.41) is 0. The topological polar surface area (TPSA) is 61.9 Å². The molecule has 0 aliphatic carbocycles. The van der Waals surface area contributed by atoms with E-state index in [2.05, 4.69) is 9.97 Å². The Labute approximate surface area is 144 Å². The number of benzene rings is 2. The fourth-order valence-electron chi connectivity index (χ4n) is 3.07.